The summed E-state index contributed by atoms with van der Waals surface area (Å²) < 4.78 is 10.4. The van der Waals surface area contributed by atoms with Crippen molar-refractivity contribution >= 4 is 29.9 Å². The number of phenols is 1. The monoisotopic (exact) mass is 477 g/mol. The van der Waals surface area contributed by atoms with E-state index in [4.69, 9.17) is 14.5 Å². The number of rotatable bonds is 5. The Morgan fingerprint density at radius 3 is 2.12 bits per heavy atom. The molecular weight excluding hydrogens is 445 g/mol. The molecule has 0 saturated carbocycles. The molecule has 1 fully saturated rings. The van der Waals surface area contributed by atoms with E-state index in [1.165, 1.54) is 14.2 Å². The first-order chi connectivity index (χ1) is 11.7. The van der Waals surface area contributed by atoms with Crippen LogP contribution in [0.25, 0.3) is 0 Å². The molecule has 148 valence electrons. The van der Waals surface area contributed by atoms with E-state index in [0.717, 1.165) is 24.6 Å². The molecule has 0 atom stereocenters. The lowest BCUT2D eigenvalue weighted by Crippen LogP contribution is -2.72. The number of hydrogen-bond acceptors (Lipinski definition) is 4. The quantitative estimate of drug-likeness (QED) is 0.386. The maximum absolute atomic E-state index is 10.0. The Labute approximate surface area is 174 Å². The first-order valence-electron chi connectivity index (χ1n) is 8.67. The fourth-order valence-electron chi connectivity index (χ4n) is 3.00. The van der Waals surface area contributed by atoms with Gasteiger partial charge in [0, 0.05) is 24.0 Å². The Morgan fingerprint density at radius 1 is 1.19 bits per heavy atom. The van der Waals surface area contributed by atoms with Crippen LogP contribution in [0.15, 0.2) is 17.1 Å². The minimum atomic E-state index is 0. The summed E-state index contributed by atoms with van der Waals surface area (Å²) in [6, 6.07) is 3.58. The van der Waals surface area contributed by atoms with Gasteiger partial charge in [-0.25, -0.2) is 4.99 Å². The van der Waals surface area contributed by atoms with Crippen LogP contribution in [0.2, 0.25) is 0 Å². The summed E-state index contributed by atoms with van der Waals surface area (Å²) in [6.45, 7) is 13.4. The highest BCUT2D eigenvalue weighted by molar-refractivity contribution is 14.0. The zero-order valence-electron chi connectivity index (χ0n) is 16.8. The van der Waals surface area contributed by atoms with E-state index in [1.54, 1.807) is 12.1 Å². The number of nitrogens with one attached hydrogen (secondary N) is 1. The number of hydrogen-bond donors (Lipinski definition) is 2. The zero-order chi connectivity index (χ0) is 18.8. The lowest BCUT2D eigenvalue weighted by atomic mass is 9.65. The normalized spacial score (nSPS) is 17.8. The Bertz CT molecular complexity index is 634. The van der Waals surface area contributed by atoms with Gasteiger partial charge in [-0.1, -0.05) is 13.8 Å². The molecule has 0 aromatic heterocycles. The van der Waals surface area contributed by atoms with Crippen molar-refractivity contribution in [1.82, 2.24) is 10.2 Å². The highest BCUT2D eigenvalue weighted by Gasteiger charge is 2.53. The van der Waals surface area contributed by atoms with Crippen LogP contribution in [0.3, 0.4) is 0 Å². The van der Waals surface area contributed by atoms with E-state index in [0.29, 0.717) is 18.0 Å². The molecule has 1 aliphatic heterocycles. The van der Waals surface area contributed by atoms with Crippen LogP contribution >= 0.6 is 24.0 Å². The fraction of sp³-hybridized carbons (Fsp3) is 0.632. The summed E-state index contributed by atoms with van der Waals surface area (Å²) in [7, 11) is 3.05. The largest absolute Gasteiger partial charge is 0.502 e. The third-order valence-corrected chi connectivity index (χ3v) is 5.43. The van der Waals surface area contributed by atoms with Crippen molar-refractivity contribution in [2.45, 2.75) is 46.7 Å². The van der Waals surface area contributed by atoms with Gasteiger partial charge in [0.15, 0.2) is 17.5 Å². The molecule has 1 aliphatic rings. The summed E-state index contributed by atoms with van der Waals surface area (Å²) in [5.74, 6) is 1.69. The lowest BCUT2D eigenvalue weighted by Gasteiger charge is -2.62. The number of likely N-dealkylation sites (tertiary alicyclic amines) is 1. The minimum absolute atomic E-state index is 0. The average molecular weight is 477 g/mol. The minimum Gasteiger partial charge on any atom is -0.502 e. The second-order valence-corrected chi connectivity index (χ2v) is 7.55. The molecule has 1 saturated heterocycles. The Balaban J connectivity index is 0.00000338. The van der Waals surface area contributed by atoms with E-state index in [2.05, 4.69) is 44.8 Å². The van der Waals surface area contributed by atoms with Crippen LogP contribution in [0.5, 0.6) is 17.2 Å². The number of methoxy groups -OCH3 is 2. The van der Waals surface area contributed by atoms with Crippen LogP contribution in [0, 0.1) is 5.41 Å². The molecule has 26 heavy (non-hydrogen) atoms. The van der Waals surface area contributed by atoms with E-state index in [1.807, 2.05) is 0 Å². The molecule has 0 bridgehead atoms. The van der Waals surface area contributed by atoms with Gasteiger partial charge in [0.2, 0.25) is 5.75 Å². The second kappa shape index (κ2) is 8.54. The maximum atomic E-state index is 10.0. The third kappa shape index (κ3) is 4.13. The molecule has 2 N–H and O–H groups in total. The van der Waals surface area contributed by atoms with Gasteiger partial charge in [-0.2, -0.15) is 0 Å². The van der Waals surface area contributed by atoms with Gasteiger partial charge in [0.1, 0.15) is 0 Å². The maximum Gasteiger partial charge on any atom is 0.200 e. The van der Waals surface area contributed by atoms with Crippen molar-refractivity contribution in [3.63, 3.8) is 0 Å². The zero-order valence-corrected chi connectivity index (χ0v) is 19.2. The number of benzene rings is 1. The smallest absolute Gasteiger partial charge is 0.200 e. The van der Waals surface area contributed by atoms with Crippen molar-refractivity contribution in [1.29, 1.82) is 0 Å². The second-order valence-electron chi connectivity index (χ2n) is 7.55. The summed E-state index contributed by atoms with van der Waals surface area (Å²) in [5.41, 5.74) is 1.20. The molecule has 0 unspecified atom stereocenters. The number of phenolic OH excluding ortho intramolecular Hbond substituents is 1. The predicted molar refractivity (Wildman–Crippen MR) is 116 cm³/mol. The Morgan fingerprint density at radius 2 is 1.73 bits per heavy atom. The van der Waals surface area contributed by atoms with Gasteiger partial charge in [0.25, 0.3) is 0 Å². The topological polar surface area (TPSA) is 66.3 Å². The predicted octanol–water partition coefficient (Wildman–Crippen LogP) is 3.61. The first-order valence-corrected chi connectivity index (χ1v) is 8.67. The molecule has 1 heterocycles. The number of nitrogens with zero attached hydrogens (tertiary/aromatic N) is 2. The molecule has 0 amide bonds. The van der Waals surface area contributed by atoms with Crippen molar-refractivity contribution < 1.29 is 14.6 Å². The summed E-state index contributed by atoms with van der Waals surface area (Å²) >= 11 is 0. The van der Waals surface area contributed by atoms with Crippen molar-refractivity contribution in [2.75, 3.05) is 27.3 Å². The van der Waals surface area contributed by atoms with E-state index in [9.17, 15) is 5.11 Å². The molecular formula is C19H32IN3O3. The highest BCUT2D eigenvalue weighted by atomic mass is 127. The molecule has 6 nitrogen and oxygen atoms in total. The number of guanidine groups is 1. The number of ether oxygens (including phenoxy) is 2. The Kier molecular flexibility index (Phi) is 7.44. The lowest BCUT2D eigenvalue weighted by molar-refractivity contribution is -0.0667. The molecule has 1 aromatic carbocycles. The number of halogens is 1. The number of aliphatic imine (C=N–C) groups is 1. The Hall–Kier alpha value is -1.38. The first kappa shape index (κ1) is 22.7. The third-order valence-electron chi connectivity index (χ3n) is 5.43. The molecule has 7 heteroatoms. The summed E-state index contributed by atoms with van der Waals surface area (Å²) in [6.07, 6.45) is 0. The van der Waals surface area contributed by atoms with Gasteiger partial charge in [-0.05, 0) is 38.5 Å². The van der Waals surface area contributed by atoms with Crippen LogP contribution in [-0.2, 0) is 6.54 Å². The highest BCUT2D eigenvalue weighted by Crippen LogP contribution is 2.46. The van der Waals surface area contributed by atoms with Crippen molar-refractivity contribution in [3.8, 4) is 17.2 Å². The standard InChI is InChI=1S/C19H31N3O3.HI/c1-8-20-17(22-12-18(2,3)19(22,4)5)21-11-13-9-14(24-6)16(23)15(10-13)25-7;/h9-10,23H,8,11-12H2,1-7H3,(H,20,21);1H. The van der Waals surface area contributed by atoms with E-state index in [-0.39, 0.29) is 40.7 Å². The average Bonchev–Trinajstić information content (AvgIpc) is 2.57. The van der Waals surface area contributed by atoms with Gasteiger partial charge in [0.05, 0.1) is 20.8 Å². The van der Waals surface area contributed by atoms with Gasteiger partial charge >= 0.3 is 0 Å². The van der Waals surface area contributed by atoms with Crippen molar-refractivity contribution in [2.24, 2.45) is 10.4 Å². The molecule has 0 radical (unpaired) electrons. The molecule has 0 aliphatic carbocycles. The SMILES string of the molecule is CCNC(=NCc1cc(OC)c(O)c(OC)c1)N1CC(C)(C)C1(C)C.I. The fourth-order valence-corrected chi connectivity index (χ4v) is 3.00. The van der Waals surface area contributed by atoms with Crippen LogP contribution in [0.4, 0.5) is 0 Å². The number of aromatic hydroxyl groups is 1. The van der Waals surface area contributed by atoms with E-state index >= 15 is 0 Å². The van der Waals surface area contributed by atoms with Crippen LogP contribution in [-0.4, -0.2) is 48.8 Å². The molecule has 0 spiro atoms. The van der Waals surface area contributed by atoms with Gasteiger partial charge in [-0.3, -0.25) is 0 Å². The summed E-state index contributed by atoms with van der Waals surface area (Å²) in [5, 5.41) is 13.4. The molecule has 2 rings (SSSR count). The van der Waals surface area contributed by atoms with Crippen molar-refractivity contribution in [3.05, 3.63) is 17.7 Å². The summed E-state index contributed by atoms with van der Waals surface area (Å²) in [4.78, 5) is 7.10. The van der Waals surface area contributed by atoms with Crippen LogP contribution < -0.4 is 14.8 Å². The molecule has 1 aromatic rings. The van der Waals surface area contributed by atoms with Crippen LogP contribution in [0.1, 0.15) is 40.2 Å². The van der Waals surface area contributed by atoms with E-state index < -0.39 is 0 Å². The van der Waals surface area contributed by atoms with Gasteiger partial charge in [-0.15, -0.1) is 24.0 Å². The van der Waals surface area contributed by atoms with Gasteiger partial charge < -0.3 is 24.8 Å².